The molecule has 1 aliphatic rings. The second-order valence-corrected chi connectivity index (χ2v) is 6.90. The molecule has 0 saturated carbocycles. The molecule has 2 heterocycles. The van der Waals surface area contributed by atoms with Crippen LogP contribution < -0.4 is 16.2 Å². The summed E-state index contributed by atoms with van der Waals surface area (Å²) in [6, 6.07) is 4.73. The normalized spacial score (nSPS) is 26.4. The van der Waals surface area contributed by atoms with E-state index in [1.165, 1.54) is 6.07 Å². The van der Waals surface area contributed by atoms with Crippen LogP contribution in [-0.4, -0.2) is 73.5 Å². The third kappa shape index (κ3) is 3.68. The van der Waals surface area contributed by atoms with Gasteiger partial charge in [0.05, 0.1) is 0 Å². The first-order chi connectivity index (χ1) is 14.0. The molecule has 1 aromatic heterocycles. The SMILES string of the molecule is Cc1c(O[C@@H]2O[C@H](C(=O)O)[C@@H](O)[C@H](O)[C@H]2O)ccc2c1cc(C(=O)N=C(N)N)n2C. The number of fused-ring (bicyclic) bond motifs is 1. The third-order valence-electron chi connectivity index (χ3n) is 4.95. The number of amides is 1. The zero-order valence-electron chi connectivity index (χ0n) is 16.1. The zero-order chi connectivity index (χ0) is 22.3. The molecule has 8 N–H and O–H groups in total. The number of guanidine groups is 1. The summed E-state index contributed by atoms with van der Waals surface area (Å²) >= 11 is 0. The fourth-order valence-electron chi connectivity index (χ4n) is 3.31. The number of hydrogen-bond acceptors (Lipinski definition) is 7. The summed E-state index contributed by atoms with van der Waals surface area (Å²) in [5.74, 6) is -2.31. The van der Waals surface area contributed by atoms with Gasteiger partial charge in [0.15, 0.2) is 12.1 Å². The number of rotatable bonds is 4. The van der Waals surface area contributed by atoms with Crippen molar-refractivity contribution in [1.82, 2.24) is 4.57 Å². The van der Waals surface area contributed by atoms with Gasteiger partial charge in [-0.15, -0.1) is 0 Å². The maximum absolute atomic E-state index is 12.2. The number of nitrogens with two attached hydrogens (primary N) is 2. The Labute approximate surface area is 169 Å². The number of ether oxygens (including phenoxy) is 2. The standard InChI is InChI=1S/C18H22N4O8/c1-6-7-5-9(15(26)21-18(19)20)22(2)8(7)3-4-10(6)29-17-13(25)11(23)12(24)14(30-17)16(27)28/h3-5,11-14,17,23-25H,1-2H3,(H,27,28)(H4,19,20,21,26)/t11-,12-,13+,14-,17+/m0/s1. The fourth-order valence-corrected chi connectivity index (χ4v) is 3.31. The Balaban J connectivity index is 1.95. The number of carbonyl (C=O) groups is 2. The minimum absolute atomic E-state index is 0.214. The minimum atomic E-state index is -1.82. The topological polar surface area (TPSA) is 203 Å². The molecule has 30 heavy (non-hydrogen) atoms. The van der Waals surface area contributed by atoms with E-state index in [1.807, 2.05) is 0 Å². The first kappa shape index (κ1) is 21.5. The highest BCUT2D eigenvalue weighted by Gasteiger charge is 2.48. The molecule has 2 aromatic rings. The zero-order valence-corrected chi connectivity index (χ0v) is 16.1. The number of aryl methyl sites for hydroxylation is 2. The number of carbonyl (C=O) groups excluding carboxylic acids is 1. The van der Waals surface area contributed by atoms with Crippen molar-refractivity contribution in [3.63, 3.8) is 0 Å². The van der Waals surface area contributed by atoms with Gasteiger partial charge in [-0.2, -0.15) is 4.99 Å². The number of carboxylic acids is 1. The number of benzene rings is 1. The first-order valence-electron chi connectivity index (χ1n) is 8.85. The van der Waals surface area contributed by atoms with Crippen LogP contribution in [0.25, 0.3) is 10.9 Å². The molecular formula is C18H22N4O8. The van der Waals surface area contributed by atoms with Gasteiger partial charge in [-0.3, -0.25) is 4.79 Å². The minimum Gasteiger partial charge on any atom is -0.479 e. The number of carboxylic acid groups (broad SMARTS) is 1. The first-order valence-corrected chi connectivity index (χ1v) is 8.85. The van der Waals surface area contributed by atoms with Crippen molar-refractivity contribution in [2.75, 3.05) is 0 Å². The van der Waals surface area contributed by atoms with E-state index in [0.29, 0.717) is 16.5 Å². The van der Waals surface area contributed by atoms with Crippen molar-refractivity contribution < 1.29 is 39.5 Å². The van der Waals surface area contributed by atoms with Gasteiger partial charge in [-0.05, 0) is 25.1 Å². The molecule has 1 fully saturated rings. The number of nitrogens with zero attached hydrogens (tertiary/aromatic N) is 2. The van der Waals surface area contributed by atoms with Crippen molar-refractivity contribution in [2.24, 2.45) is 23.5 Å². The third-order valence-corrected chi connectivity index (χ3v) is 4.95. The van der Waals surface area contributed by atoms with Crippen LogP contribution in [0.1, 0.15) is 16.1 Å². The van der Waals surface area contributed by atoms with Gasteiger partial charge >= 0.3 is 5.97 Å². The van der Waals surface area contributed by atoms with Crippen LogP contribution in [-0.2, 0) is 16.6 Å². The lowest BCUT2D eigenvalue weighted by Crippen LogP contribution is -2.61. The average Bonchev–Trinajstić information content (AvgIpc) is 3.01. The second-order valence-electron chi connectivity index (χ2n) is 6.90. The van der Waals surface area contributed by atoms with Gasteiger partial charge < -0.3 is 45.9 Å². The van der Waals surface area contributed by atoms with Gasteiger partial charge in [0, 0.05) is 23.5 Å². The Morgan fingerprint density at radius 1 is 1.17 bits per heavy atom. The van der Waals surface area contributed by atoms with E-state index in [4.69, 9.17) is 26.0 Å². The molecule has 3 rings (SSSR count). The number of aromatic nitrogens is 1. The maximum Gasteiger partial charge on any atom is 0.335 e. The smallest absolute Gasteiger partial charge is 0.335 e. The highest BCUT2D eigenvalue weighted by atomic mass is 16.7. The Morgan fingerprint density at radius 2 is 1.83 bits per heavy atom. The molecule has 0 spiro atoms. The number of hydrogen-bond donors (Lipinski definition) is 6. The van der Waals surface area contributed by atoms with Gasteiger partial charge in [0.25, 0.3) is 5.91 Å². The van der Waals surface area contributed by atoms with Crippen LogP contribution in [0.4, 0.5) is 0 Å². The fraction of sp³-hybridized carbons (Fsp3) is 0.389. The number of aliphatic imine (C=N–C) groups is 1. The quantitative estimate of drug-likeness (QED) is 0.240. The molecule has 1 aliphatic heterocycles. The van der Waals surface area contributed by atoms with E-state index >= 15 is 0 Å². The van der Waals surface area contributed by atoms with Crippen molar-refractivity contribution in [2.45, 2.75) is 37.6 Å². The van der Waals surface area contributed by atoms with Crippen LogP contribution in [0.15, 0.2) is 23.2 Å². The molecule has 12 heteroatoms. The van der Waals surface area contributed by atoms with Crippen LogP contribution in [0.2, 0.25) is 0 Å². The lowest BCUT2D eigenvalue weighted by atomic mass is 9.99. The molecule has 1 amide bonds. The Hall–Kier alpha value is -3.19. The summed E-state index contributed by atoms with van der Waals surface area (Å²) in [4.78, 5) is 27.0. The molecule has 162 valence electrons. The van der Waals surface area contributed by atoms with Gasteiger partial charge in [-0.25, -0.2) is 4.79 Å². The van der Waals surface area contributed by atoms with Crippen molar-refractivity contribution >= 4 is 28.7 Å². The summed E-state index contributed by atoms with van der Waals surface area (Å²) in [5.41, 5.74) is 12.0. The van der Waals surface area contributed by atoms with E-state index in [1.54, 1.807) is 30.7 Å². The van der Waals surface area contributed by atoms with Crippen LogP contribution in [0.3, 0.4) is 0 Å². The lowest BCUT2D eigenvalue weighted by molar-refractivity contribution is -0.271. The molecular weight excluding hydrogens is 400 g/mol. The van der Waals surface area contributed by atoms with E-state index in [2.05, 4.69) is 4.99 Å². The number of aliphatic carboxylic acids is 1. The van der Waals surface area contributed by atoms with Crippen molar-refractivity contribution in [3.8, 4) is 5.75 Å². The predicted octanol–water partition coefficient (Wildman–Crippen LogP) is -1.83. The molecule has 12 nitrogen and oxygen atoms in total. The van der Waals surface area contributed by atoms with E-state index < -0.39 is 42.6 Å². The molecule has 1 saturated heterocycles. The average molecular weight is 422 g/mol. The lowest BCUT2D eigenvalue weighted by Gasteiger charge is -2.38. The molecule has 5 atom stereocenters. The van der Waals surface area contributed by atoms with Gasteiger partial charge in [-0.1, -0.05) is 0 Å². The summed E-state index contributed by atoms with van der Waals surface area (Å²) in [7, 11) is 1.65. The largest absolute Gasteiger partial charge is 0.479 e. The molecule has 0 bridgehead atoms. The summed E-state index contributed by atoms with van der Waals surface area (Å²) in [6.07, 6.45) is -8.63. The summed E-state index contributed by atoms with van der Waals surface area (Å²) in [6.45, 7) is 1.68. The van der Waals surface area contributed by atoms with E-state index in [-0.39, 0.29) is 17.4 Å². The second kappa shape index (κ2) is 7.91. The van der Waals surface area contributed by atoms with Crippen molar-refractivity contribution in [3.05, 3.63) is 29.5 Å². The maximum atomic E-state index is 12.2. The monoisotopic (exact) mass is 422 g/mol. The van der Waals surface area contributed by atoms with Crippen LogP contribution in [0, 0.1) is 6.92 Å². The Kier molecular flexibility index (Phi) is 5.67. The van der Waals surface area contributed by atoms with Gasteiger partial charge in [0.1, 0.15) is 29.8 Å². The van der Waals surface area contributed by atoms with Gasteiger partial charge in [0.2, 0.25) is 6.29 Å². The predicted molar refractivity (Wildman–Crippen MR) is 103 cm³/mol. The van der Waals surface area contributed by atoms with Crippen LogP contribution >= 0.6 is 0 Å². The van der Waals surface area contributed by atoms with E-state index in [9.17, 15) is 24.9 Å². The number of aliphatic hydroxyl groups excluding tert-OH is 3. The van der Waals surface area contributed by atoms with Crippen LogP contribution in [0.5, 0.6) is 5.75 Å². The molecule has 0 aliphatic carbocycles. The summed E-state index contributed by atoms with van der Waals surface area (Å²) < 4.78 is 12.3. The number of aliphatic hydroxyl groups is 3. The van der Waals surface area contributed by atoms with Crippen molar-refractivity contribution in [1.29, 1.82) is 0 Å². The Bertz CT molecular complexity index is 1030. The summed E-state index contributed by atoms with van der Waals surface area (Å²) in [5, 5.41) is 39.6. The molecule has 0 radical (unpaired) electrons. The van der Waals surface area contributed by atoms with E-state index in [0.717, 1.165) is 0 Å². The molecule has 0 unspecified atom stereocenters. The highest BCUT2D eigenvalue weighted by Crippen LogP contribution is 2.32. The highest BCUT2D eigenvalue weighted by molar-refractivity contribution is 6.04. The molecule has 1 aromatic carbocycles. The Morgan fingerprint density at radius 3 is 2.43 bits per heavy atom.